The number of methoxy groups -OCH3 is 1. The van der Waals surface area contributed by atoms with E-state index >= 15 is 0 Å². The van der Waals surface area contributed by atoms with Gasteiger partial charge in [0, 0.05) is 18.2 Å². The molecule has 2 saturated heterocycles. The molecule has 0 unspecified atom stereocenters. The normalized spacial score (nSPS) is 27.6. The Balaban J connectivity index is 2.05. The largest absolute Gasteiger partial charge is 0.466 e. The van der Waals surface area contributed by atoms with Crippen molar-refractivity contribution in [3.63, 3.8) is 0 Å². The lowest BCUT2D eigenvalue weighted by atomic mass is 9.97. The lowest BCUT2D eigenvalue weighted by molar-refractivity contribution is -0.134. The van der Waals surface area contributed by atoms with Crippen LogP contribution in [0.15, 0.2) is 11.6 Å². The van der Waals surface area contributed by atoms with Crippen LogP contribution in [-0.2, 0) is 14.3 Å². The first kappa shape index (κ1) is 14.9. The first-order valence-electron chi connectivity index (χ1n) is 7.09. The monoisotopic (exact) mass is 281 g/mol. The van der Waals surface area contributed by atoms with Crippen LogP contribution in [0.2, 0.25) is 0 Å². The van der Waals surface area contributed by atoms with Gasteiger partial charge in [-0.2, -0.15) is 0 Å². The van der Waals surface area contributed by atoms with Crippen molar-refractivity contribution in [2.75, 3.05) is 7.11 Å². The Labute approximate surface area is 119 Å². The van der Waals surface area contributed by atoms with E-state index in [4.69, 9.17) is 4.74 Å². The molecule has 1 amide bonds. The van der Waals surface area contributed by atoms with Crippen molar-refractivity contribution in [1.29, 1.82) is 0 Å². The second kappa shape index (κ2) is 5.46. The van der Waals surface area contributed by atoms with Crippen LogP contribution in [0.3, 0.4) is 0 Å². The predicted octanol–water partition coefficient (Wildman–Crippen LogP) is 2.65. The standard InChI is InChI=1S/C15H23NO4/c1-15(2,3)20-14(18)16-11-5-6-12(16)8-10(7-11)9-13(17)19-4/h9,11-12H,5-8H2,1-4H3/t11-,12+. The number of hydrogen-bond acceptors (Lipinski definition) is 4. The lowest BCUT2D eigenvalue weighted by Crippen LogP contribution is -2.47. The van der Waals surface area contributed by atoms with E-state index in [2.05, 4.69) is 4.74 Å². The Morgan fingerprint density at radius 1 is 1.20 bits per heavy atom. The van der Waals surface area contributed by atoms with E-state index in [0.29, 0.717) is 0 Å². The molecule has 0 aromatic rings. The molecule has 0 N–H and O–H groups in total. The van der Waals surface area contributed by atoms with Gasteiger partial charge in [0.15, 0.2) is 0 Å². The molecule has 2 atom stereocenters. The second-order valence-electron chi connectivity index (χ2n) is 6.51. The summed E-state index contributed by atoms with van der Waals surface area (Å²) >= 11 is 0. The molecule has 2 heterocycles. The summed E-state index contributed by atoms with van der Waals surface area (Å²) in [5, 5.41) is 0. The van der Waals surface area contributed by atoms with Crippen LogP contribution in [0.25, 0.3) is 0 Å². The van der Waals surface area contributed by atoms with Crippen LogP contribution < -0.4 is 0 Å². The van der Waals surface area contributed by atoms with Gasteiger partial charge in [-0.3, -0.25) is 0 Å². The number of nitrogens with zero attached hydrogens (tertiary/aromatic N) is 1. The van der Waals surface area contributed by atoms with Crippen LogP contribution in [0.5, 0.6) is 0 Å². The van der Waals surface area contributed by atoms with Crippen molar-refractivity contribution in [3.8, 4) is 0 Å². The minimum atomic E-state index is -0.474. The number of hydrogen-bond donors (Lipinski definition) is 0. The molecule has 2 aliphatic heterocycles. The van der Waals surface area contributed by atoms with Crippen LogP contribution in [0.1, 0.15) is 46.5 Å². The Kier molecular flexibility index (Phi) is 4.06. The molecule has 0 radical (unpaired) electrons. The maximum absolute atomic E-state index is 12.3. The smallest absolute Gasteiger partial charge is 0.410 e. The zero-order chi connectivity index (χ0) is 14.9. The number of piperidine rings is 1. The van der Waals surface area contributed by atoms with Gasteiger partial charge in [-0.15, -0.1) is 0 Å². The highest BCUT2D eigenvalue weighted by molar-refractivity contribution is 5.82. The molecule has 2 bridgehead atoms. The lowest BCUT2D eigenvalue weighted by Gasteiger charge is -2.37. The maximum Gasteiger partial charge on any atom is 0.410 e. The number of amides is 1. The van der Waals surface area contributed by atoms with Gasteiger partial charge in [-0.25, -0.2) is 9.59 Å². The van der Waals surface area contributed by atoms with Crippen molar-refractivity contribution < 1.29 is 19.1 Å². The zero-order valence-electron chi connectivity index (χ0n) is 12.6. The Bertz CT molecular complexity index is 420. The highest BCUT2D eigenvalue weighted by Gasteiger charge is 2.43. The van der Waals surface area contributed by atoms with E-state index in [1.54, 1.807) is 6.08 Å². The number of esters is 1. The summed E-state index contributed by atoms with van der Waals surface area (Å²) < 4.78 is 10.1. The van der Waals surface area contributed by atoms with Gasteiger partial charge >= 0.3 is 12.1 Å². The molecule has 2 rings (SSSR count). The third-order valence-corrected chi connectivity index (χ3v) is 3.74. The summed E-state index contributed by atoms with van der Waals surface area (Å²) in [5.41, 5.74) is 0.600. The van der Waals surface area contributed by atoms with Crippen molar-refractivity contribution >= 4 is 12.1 Å². The fourth-order valence-corrected chi connectivity index (χ4v) is 3.01. The molecule has 5 nitrogen and oxygen atoms in total. The average Bonchev–Trinajstić information content (AvgIpc) is 2.59. The Morgan fingerprint density at radius 2 is 1.75 bits per heavy atom. The van der Waals surface area contributed by atoms with Gasteiger partial charge in [0.2, 0.25) is 0 Å². The highest BCUT2D eigenvalue weighted by atomic mass is 16.6. The molecule has 0 spiro atoms. The van der Waals surface area contributed by atoms with Crippen LogP contribution >= 0.6 is 0 Å². The number of carbonyl (C=O) groups is 2. The van der Waals surface area contributed by atoms with Crippen molar-refractivity contribution in [3.05, 3.63) is 11.6 Å². The van der Waals surface area contributed by atoms with E-state index in [0.717, 1.165) is 31.3 Å². The molecule has 20 heavy (non-hydrogen) atoms. The van der Waals surface area contributed by atoms with Crippen molar-refractivity contribution in [2.24, 2.45) is 0 Å². The van der Waals surface area contributed by atoms with E-state index in [9.17, 15) is 9.59 Å². The van der Waals surface area contributed by atoms with Gasteiger partial charge in [-0.05, 0) is 46.5 Å². The molecule has 0 aromatic carbocycles. The van der Waals surface area contributed by atoms with Crippen LogP contribution in [0.4, 0.5) is 4.79 Å². The fourth-order valence-electron chi connectivity index (χ4n) is 3.01. The van der Waals surface area contributed by atoms with Crippen molar-refractivity contribution in [1.82, 2.24) is 4.90 Å². The van der Waals surface area contributed by atoms with Gasteiger partial charge in [0.25, 0.3) is 0 Å². The molecule has 5 heteroatoms. The van der Waals surface area contributed by atoms with E-state index in [1.165, 1.54) is 7.11 Å². The number of fused-ring (bicyclic) bond motifs is 2. The Hall–Kier alpha value is -1.52. The minimum absolute atomic E-state index is 0.152. The number of rotatable bonds is 1. The zero-order valence-corrected chi connectivity index (χ0v) is 12.6. The van der Waals surface area contributed by atoms with E-state index in [1.807, 2.05) is 25.7 Å². The summed E-state index contributed by atoms with van der Waals surface area (Å²) in [4.78, 5) is 25.4. The van der Waals surface area contributed by atoms with Crippen molar-refractivity contribution in [2.45, 2.75) is 64.1 Å². The molecule has 0 aliphatic carbocycles. The molecule has 0 saturated carbocycles. The quantitative estimate of drug-likeness (QED) is 0.547. The first-order chi connectivity index (χ1) is 9.30. The average molecular weight is 281 g/mol. The second-order valence-corrected chi connectivity index (χ2v) is 6.51. The van der Waals surface area contributed by atoms with Gasteiger partial charge in [-0.1, -0.05) is 5.57 Å². The summed E-state index contributed by atoms with van der Waals surface area (Å²) in [5.74, 6) is -0.315. The molecule has 112 valence electrons. The first-order valence-corrected chi connectivity index (χ1v) is 7.09. The summed E-state index contributed by atoms with van der Waals surface area (Å²) in [6.45, 7) is 5.62. The molecule has 2 fully saturated rings. The Morgan fingerprint density at radius 3 is 2.20 bits per heavy atom. The van der Waals surface area contributed by atoms with E-state index in [-0.39, 0.29) is 24.1 Å². The third kappa shape index (κ3) is 3.32. The van der Waals surface area contributed by atoms with E-state index < -0.39 is 5.60 Å². The van der Waals surface area contributed by atoms with Crippen LogP contribution in [-0.4, -0.2) is 41.8 Å². The molecular formula is C15H23NO4. The third-order valence-electron chi connectivity index (χ3n) is 3.74. The predicted molar refractivity (Wildman–Crippen MR) is 74.2 cm³/mol. The summed E-state index contributed by atoms with van der Waals surface area (Å²) in [6, 6.07) is 0.305. The molecule has 0 aromatic heterocycles. The number of ether oxygens (including phenoxy) is 2. The topological polar surface area (TPSA) is 55.8 Å². The van der Waals surface area contributed by atoms with Gasteiger partial charge in [0.05, 0.1) is 7.11 Å². The minimum Gasteiger partial charge on any atom is -0.466 e. The van der Waals surface area contributed by atoms with Gasteiger partial charge in [0.1, 0.15) is 5.60 Å². The summed E-state index contributed by atoms with van der Waals surface area (Å²) in [7, 11) is 1.38. The SMILES string of the molecule is COC(=O)C=C1C[C@H]2CC[C@@H](C1)N2C(=O)OC(C)(C)C. The maximum atomic E-state index is 12.3. The molecular weight excluding hydrogens is 258 g/mol. The van der Waals surface area contributed by atoms with Crippen LogP contribution in [0, 0.1) is 0 Å². The van der Waals surface area contributed by atoms with Gasteiger partial charge < -0.3 is 14.4 Å². The fraction of sp³-hybridized carbons (Fsp3) is 0.733. The summed E-state index contributed by atoms with van der Waals surface area (Å²) in [6.07, 6.45) is 4.76. The highest BCUT2D eigenvalue weighted by Crippen LogP contribution is 2.39. The molecule has 2 aliphatic rings. The number of carbonyl (C=O) groups excluding carboxylic acids is 2.